The maximum Gasteiger partial charge on any atom is 0.141 e. The van der Waals surface area contributed by atoms with Gasteiger partial charge in [0.05, 0.1) is 11.9 Å². The topological polar surface area (TPSA) is 38.0 Å². The summed E-state index contributed by atoms with van der Waals surface area (Å²) >= 11 is 0. The van der Waals surface area contributed by atoms with E-state index >= 15 is 0 Å². The van der Waals surface area contributed by atoms with Crippen molar-refractivity contribution in [3.05, 3.63) is 17.7 Å². The number of nitrogens with zero attached hydrogens (tertiary/aromatic N) is 2. The van der Waals surface area contributed by atoms with Gasteiger partial charge >= 0.3 is 0 Å². The van der Waals surface area contributed by atoms with Crippen LogP contribution in [0, 0.1) is 13.8 Å². The van der Waals surface area contributed by atoms with Gasteiger partial charge in [0.15, 0.2) is 0 Å². The summed E-state index contributed by atoms with van der Waals surface area (Å²) in [5.74, 6) is 0.627. The van der Waals surface area contributed by atoms with Gasteiger partial charge in [-0.25, -0.2) is 4.98 Å². The smallest absolute Gasteiger partial charge is 0.141 e. The fourth-order valence-electron chi connectivity index (χ4n) is 0.551. The maximum atomic E-state index is 8.90. The molecule has 0 aliphatic carbocycles. The first-order valence-corrected chi connectivity index (χ1v) is 2.42. The van der Waals surface area contributed by atoms with Crippen molar-refractivity contribution in [2.24, 2.45) is 0 Å². The summed E-state index contributed by atoms with van der Waals surface area (Å²) < 4.78 is 1.06. The molecule has 0 spiro atoms. The fraction of sp³-hybridized carbons (Fsp3) is 0.400. The van der Waals surface area contributed by atoms with Gasteiger partial charge in [-0.1, -0.05) is 0 Å². The first kappa shape index (κ1) is 5.15. The maximum absolute atomic E-state index is 8.90. The van der Waals surface area contributed by atoms with Gasteiger partial charge in [-0.15, -0.1) is 0 Å². The summed E-state index contributed by atoms with van der Waals surface area (Å²) in [4.78, 5) is 3.83. The Labute approximate surface area is 47.5 Å². The minimum atomic E-state index is 0.627. The second-order valence-electron chi connectivity index (χ2n) is 1.76. The number of aryl methyl sites for hydroxylation is 2. The van der Waals surface area contributed by atoms with E-state index in [0.29, 0.717) is 5.82 Å². The summed E-state index contributed by atoms with van der Waals surface area (Å²) in [7, 11) is 0. The van der Waals surface area contributed by atoms with Crippen LogP contribution >= 0.6 is 0 Å². The van der Waals surface area contributed by atoms with E-state index in [1.165, 1.54) is 0 Å². The molecule has 0 radical (unpaired) electrons. The SMILES string of the molecule is Cc1cnc(C)n1O. The zero-order chi connectivity index (χ0) is 6.15. The Hall–Kier alpha value is -0.990. The van der Waals surface area contributed by atoms with Gasteiger partial charge in [0.1, 0.15) is 5.82 Å². The second-order valence-corrected chi connectivity index (χ2v) is 1.76. The highest BCUT2D eigenvalue weighted by atomic mass is 16.5. The van der Waals surface area contributed by atoms with Gasteiger partial charge in [-0.3, -0.25) is 0 Å². The van der Waals surface area contributed by atoms with Crippen LogP contribution in [0.15, 0.2) is 6.20 Å². The molecule has 0 atom stereocenters. The minimum absolute atomic E-state index is 0.627. The predicted molar refractivity (Wildman–Crippen MR) is 28.9 cm³/mol. The first-order chi connectivity index (χ1) is 3.72. The molecule has 0 fully saturated rings. The molecular formula is C5H8N2O. The molecule has 1 heterocycles. The van der Waals surface area contributed by atoms with Gasteiger partial charge < -0.3 is 5.21 Å². The van der Waals surface area contributed by atoms with Gasteiger partial charge in [0.2, 0.25) is 0 Å². The average molecular weight is 112 g/mol. The summed E-state index contributed by atoms with van der Waals surface area (Å²) in [6, 6.07) is 0. The van der Waals surface area contributed by atoms with Crippen LogP contribution in [0.1, 0.15) is 11.5 Å². The Bertz CT molecular complexity index is 173. The van der Waals surface area contributed by atoms with Gasteiger partial charge in [-0.2, -0.15) is 4.73 Å². The van der Waals surface area contributed by atoms with Crippen molar-refractivity contribution in [1.29, 1.82) is 0 Å². The van der Waals surface area contributed by atoms with E-state index in [1.54, 1.807) is 20.0 Å². The van der Waals surface area contributed by atoms with Crippen molar-refractivity contribution in [3.63, 3.8) is 0 Å². The molecule has 1 N–H and O–H groups in total. The molecule has 0 bridgehead atoms. The lowest BCUT2D eigenvalue weighted by atomic mass is 10.6. The monoisotopic (exact) mass is 112 g/mol. The molecule has 0 unspecified atom stereocenters. The molecule has 0 saturated heterocycles. The normalized spacial score (nSPS) is 9.75. The van der Waals surface area contributed by atoms with Crippen LogP contribution in [-0.4, -0.2) is 14.9 Å². The van der Waals surface area contributed by atoms with E-state index in [-0.39, 0.29) is 0 Å². The largest absolute Gasteiger partial charge is 0.427 e. The Kier molecular flexibility index (Phi) is 0.970. The van der Waals surface area contributed by atoms with Crippen molar-refractivity contribution in [3.8, 4) is 0 Å². The molecule has 1 rings (SSSR count). The number of rotatable bonds is 0. The van der Waals surface area contributed by atoms with Crippen molar-refractivity contribution in [1.82, 2.24) is 9.71 Å². The molecule has 0 amide bonds. The summed E-state index contributed by atoms with van der Waals surface area (Å²) in [5.41, 5.74) is 0.766. The molecule has 3 nitrogen and oxygen atoms in total. The third-order valence-electron chi connectivity index (χ3n) is 1.08. The van der Waals surface area contributed by atoms with Crippen LogP contribution in [-0.2, 0) is 0 Å². The van der Waals surface area contributed by atoms with Gasteiger partial charge in [-0.05, 0) is 13.8 Å². The molecule has 0 saturated carbocycles. The zero-order valence-corrected chi connectivity index (χ0v) is 4.92. The minimum Gasteiger partial charge on any atom is -0.427 e. The molecular weight excluding hydrogens is 104 g/mol. The number of aromatic nitrogens is 2. The molecule has 44 valence electrons. The molecule has 0 aliphatic rings. The lowest BCUT2D eigenvalue weighted by Crippen LogP contribution is -1.94. The summed E-state index contributed by atoms with van der Waals surface area (Å²) in [5, 5.41) is 8.90. The average Bonchev–Trinajstić information content (AvgIpc) is 1.98. The van der Waals surface area contributed by atoms with Crippen molar-refractivity contribution < 1.29 is 5.21 Å². The van der Waals surface area contributed by atoms with Crippen LogP contribution in [0.5, 0.6) is 0 Å². The van der Waals surface area contributed by atoms with Crippen LogP contribution < -0.4 is 0 Å². The zero-order valence-electron chi connectivity index (χ0n) is 4.92. The van der Waals surface area contributed by atoms with Crippen LogP contribution in [0.4, 0.5) is 0 Å². The molecule has 3 heteroatoms. The van der Waals surface area contributed by atoms with Gasteiger partial charge in [0, 0.05) is 0 Å². The highest BCUT2D eigenvalue weighted by Crippen LogP contribution is 1.96. The van der Waals surface area contributed by atoms with Crippen LogP contribution in [0.2, 0.25) is 0 Å². The lowest BCUT2D eigenvalue weighted by Gasteiger charge is -1.92. The third-order valence-corrected chi connectivity index (χ3v) is 1.08. The first-order valence-electron chi connectivity index (χ1n) is 2.42. The number of hydrogen-bond acceptors (Lipinski definition) is 2. The summed E-state index contributed by atoms with van der Waals surface area (Å²) in [6.45, 7) is 3.53. The van der Waals surface area contributed by atoms with Crippen molar-refractivity contribution in [2.45, 2.75) is 13.8 Å². The highest BCUT2D eigenvalue weighted by molar-refractivity contribution is 4.98. The predicted octanol–water partition coefficient (Wildman–Crippen LogP) is 0.737. The molecule has 1 aromatic heterocycles. The third kappa shape index (κ3) is 0.559. The van der Waals surface area contributed by atoms with Crippen LogP contribution in [0.25, 0.3) is 0 Å². The summed E-state index contributed by atoms with van der Waals surface area (Å²) in [6.07, 6.45) is 1.62. The standard InChI is InChI=1S/C5H8N2O/c1-4-3-6-5(2)7(4)8/h3,8H,1-2H3. The lowest BCUT2D eigenvalue weighted by molar-refractivity contribution is 0.173. The quantitative estimate of drug-likeness (QED) is 0.502. The molecule has 0 aliphatic heterocycles. The second kappa shape index (κ2) is 1.51. The fourth-order valence-corrected chi connectivity index (χ4v) is 0.551. The molecule has 0 aromatic carbocycles. The van der Waals surface area contributed by atoms with E-state index in [4.69, 9.17) is 5.21 Å². The molecule has 1 aromatic rings. The van der Waals surface area contributed by atoms with E-state index in [0.717, 1.165) is 10.4 Å². The van der Waals surface area contributed by atoms with E-state index in [9.17, 15) is 0 Å². The Morgan fingerprint density at radius 1 is 1.62 bits per heavy atom. The van der Waals surface area contributed by atoms with Gasteiger partial charge in [0.25, 0.3) is 0 Å². The Balaban J connectivity index is 3.19. The Morgan fingerprint density at radius 2 is 2.25 bits per heavy atom. The Morgan fingerprint density at radius 3 is 2.38 bits per heavy atom. The van der Waals surface area contributed by atoms with Crippen molar-refractivity contribution >= 4 is 0 Å². The van der Waals surface area contributed by atoms with E-state index in [1.807, 2.05) is 0 Å². The van der Waals surface area contributed by atoms with Crippen molar-refractivity contribution in [2.75, 3.05) is 0 Å². The van der Waals surface area contributed by atoms with E-state index < -0.39 is 0 Å². The highest BCUT2D eigenvalue weighted by Gasteiger charge is 1.95. The molecule has 8 heavy (non-hydrogen) atoms. The number of hydrogen-bond donors (Lipinski definition) is 1. The van der Waals surface area contributed by atoms with E-state index in [2.05, 4.69) is 4.98 Å². The van der Waals surface area contributed by atoms with Crippen LogP contribution in [0.3, 0.4) is 0 Å². The number of imidazole rings is 1.